The minimum Gasteiger partial charge on any atom is -0.339 e. The molecule has 0 N–H and O–H groups in total. The zero-order chi connectivity index (χ0) is 10.1. The molecule has 1 heterocycles. The first kappa shape index (κ1) is 10.2. The van der Waals surface area contributed by atoms with Gasteiger partial charge in [-0.1, -0.05) is 39.3 Å². The van der Waals surface area contributed by atoms with Gasteiger partial charge in [0.2, 0.25) is 5.89 Å². The smallest absolute Gasteiger partial charge is 0.230 e. The molecule has 0 spiro atoms. The number of hydrogen-bond acceptors (Lipinski definition) is 3. The first-order valence-corrected chi connectivity index (χ1v) is 4.77. The summed E-state index contributed by atoms with van der Waals surface area (Å²) in [5.74, 6) is 1.79. The van der Waals surface area contributed by atoms with Crippen LogP contribution < -0.4 is 0 Å². The Bertz CT molecular complexity index is 278. The molecule has 0 aromatic carbocycles. The molecule has 0 aliphatic heterocycles. The van der Waals surface area contributed by atoms with Crippen LogP contribution in [0, 0.1) is 12.3 Å². The topological polar surface area (TPSA) is 38.9 Å². The Hall–Kier alpha value is -0.860. The summed E-state index contributed by atoms with van der Waals surface area (Å²) in [6.45, 7) is 10.6. The molecule has 1 atom stereocenters. The quantitative estimate of drug-likeness (QED) is 0.721. The van der Waals surface area contributed by atoms with Crippen molar-refractivity contribution < 1.29 is 4.52 Å². The Morgan fingerprint density at radius 1 is 1.46 bits per heavy atom. The van der Waals surface area contributed by atoms with Gasteiger partial charge in [0.05, 0.1) is 0 Å². The van der Waals surface area contributed by atoms with Crippen LogP contribution in [0.15, 0.2) is 4.52 Å². The highest BCUT2D eigenvalue weighted by Gasteiger charge is 2.29. The SMILES string of the molecule is CCC(C)(C)C(C)c1nc(C)no1. The third kappa shape index (κ3) is 2.08. The van der Waals surface area contributed by atoms with Crippen LogP contribution in [0.1, 0.15) is 51.7 Å². The van der Waals surface area contributed by atoms with E-state index >= 15 is 0 Å². The van der Waals surface area contributed by atoms with Crippen molar-refractivity contribution in [2.75, 3.05) is 0 Å². The Labute approximate surface area is 79.5 Å². The van der Waals surface area contributed by atoms with Gasteiger partial charge in [-0.25, -0.2) is 0 Å². The second-order valence-electron chi connectivity index (χ2n) is 4.24. The summed E-state index contributed by atoms with van der Waals surface area (Å²) >= 11 is 0. The summed E-state index contributed by atoms with van der Waals surface area (Å²) in [5, 5.41) is 3.80. The van der Waals surface area contributed by atoms with Crippen LogP contribution in [0.25, 0.3) is 0 Å². The van der Waals surface area contributed by atoms with Gasteiger partial charge in [0.15, 0.2) is 5.82 Å². The second-order valence-corrected chi connectivity index (χ2v) is 4.24. The van der Waals surface area contributed by atoms with Crippen molar-refractivity contribution in [3.05, 3.63) is 11.7 Å². The molecule has 0 saturated carbocycles. The fraction of sp³-hybridized carbons (Fsp3) is 0.800. The van der Waals surface area contributed by atoms with E-state index in [0.717, 1.165) is 12.3 Å². The highest BCUT2D eigenvalue weighted by molar-refractivity contribution is 4.97. The fourth-order valence-electron chi connectivity index (χ4n) is 1.13. The zero-order valence-corrected chi connectivity index (χ0v) is 9.09. The van der Waals surface area contributed by atoms with Crippen LogP contribution in [0.2, 0.25) is 0 Å². The highest BCUT2D eigenvalue weighted by Crippen LogP contribution is 2.36. The molecule has 1 rings (SSSR count). The average molecular weight is 182 g/mol. The molecule has 1 aromatic rings. The maximum absolute atomic E-state index is 5.15. The number of aryl methyl sites for hydroxylation is 1. The van der Waals surface area contributed by atoms with Crippen molar-refractivity contribution in [2.24, 2.45) is 5.41 Å². The second kappa shape index (κ2) is 3.48. The first-order chi connectivity index (χ1) is 5.97. The van der Waals surface area contributed by atoms with Gasteiger partial charge in [-0.3, -0.25) is 0 Å². The van der Waals surface area contributed by atoms with Crippen LogP contribution in [0.4, 0.5) is 0 Å². The lowest BCUT2D eigenvalue weighted by Crippen LogP contribution is -2.18. The van der Waals surface area contributed by atoms with E-state index in [2.05, 4.69) is 37.8 Å². The van der Waals surface area contributed by atoms with Gasteiger partial charge in [0.1, 0.15) is 0 Å². The van der Waals surface area contributed by atoms with E-state index in [9.17, 15) is 0 Å². The van der Waals surface area contributed by atoms with Crippen molar-refractivity contribution in [1.29, 1.82) is 0 Å². The summed E-state index contributed by atoms with van der Waals surface area (Å²) < 4.78 is 5.15. The van der Waals surface area contributed by atoms with Crippen molar-refractivity contribution >= 4 is 0 Å². The molecule has 3 nitrogen and oxygen atoms in total. The van der Waals surface area contributed by atoms with E-state index in [1.165, 1.54) is 0 Å². The predicted octanol–water partition coefficient (Wildman–Crippen LogP) is 2.92. The number of rotatable bonds is 3. The maximum Gasteiger partial charge on any atom is 0.230 e. The minimum absolute atomic E-state index is 0.221. The van der Waals surface area contributed by atoms with Gasteiger partial charge in [0, 0.05) is 5.92 Å². The molecule has 0 radical (unpaired) electrons. The third-order valence-corrected chi connectivity index (χ3v) is 3.00. The molecule has 1 aromatic heterocycles. The van der Waals surface area contributed by atoms with Gasteiger partial charge in [-0.2, -0.15) is 4.98 Å². The predicted molar refractivity (Wildman–Crippen MR) is 51.5 cm³/mol. The van der Waals surface area contributed by atoms with Crippen molar-refractivity contribution in [1.82, 2.24) is 10.1 Å². The lowest BCUT2D eigenvalue weighted by molar-refractivity contribution is 0.233. The molecule has 13 heavy (non-hydrogen) atoms. The van der Waals surface area contributed by atoms with Crippen molar-refractivity contribution in [3.63, 3.8) is 0 Å². The van der Waals surface area contributed by atoms with E-state index in [1.807, 2.05) is 6.92 Å². The van der Waals surface area contributed by atoms with Gasteiger partial charge < -0.3 is 4.52 Å². The summed E-state index contributed by atoms with van der Waals surface area (Å²) in [5.41, 5.74) is 0.221. The lowest BCUT2D eigenvalue weighted by atomic mass is 9.78. The maximum atomic E-state index is 5.15. The largest absolute Gasteiger partial charge is 0.339 e. The lowest BCUT2D eigenvalue weighted by Gasteiger charge is -2.27. The molecule has 74 valence electrons. The molecular weight excluding hydrogens is 164 g/mol. The average Bonchev–Trinajstić information content (AvgIpc) is 2.50. The number of hydrogen-bond donors (Lipinski definition) is 0. The summed E-state index contributed by atoms with van der Waals surface area (Å²) in [6, 6.07) is 0. The highest BCUT2D eigenvalue weighted by atomic mass is 16.5. The van der Waals surface area contributed by atoms with E-state index in [-0.39, 0.29) is 5.41 Å². The zero-order valence-electron chi connectivity index (χ0n) is 9.09. The van der Waals surface area contributed by atoms with Gasteiger partial charge in [0.25, 0.3) is 0 Å². The summed E-state index contributed by atoms with van der Waals surface area (Å²) in [7, 11) is 0. The van der Waals surface area contributed by atoms with E-state index < -0.39 is 0 Å². The monoisotopic (exact) mass is 182 g/mol. The van der Waals surface area contributed by atoms with E-state index in [4.69, 9.17) is 4.52 Å². The molecule has 1 unspecified atom stereocenters. The van der Waals surface area contributed by atoms with Gasteiger partial charge in [-0.05, 0) is 12.3 Å². The van der Waals surface area contributed by atoms with Crippen LogP contribution >= 0.6 is 0 Å². The molecule has 0 bridgehead atoms. The molecule has 0 saturated heterocycles. The third-order valence-electron chi connectivity index (χ3n) is 3.00. The minimum atomic E-state index is 0.221. The normalized spacial score (nSPS) is 14.5. The number of aromatic nitrogens is 2. The van der Waals surface area contributed by atoms with Crippen LogP contribution in [-0.4, -0.2) is 10.1 Å². The van der Waals surface area contributed by atoms with Gasteiger partial charge >= 0.3 is 0 Å². The molecule has 0 aliphatic carbocycles. The van der Waals surface area contributed by atoms with Crippen molar-refractivity contribution in [2.45, 2.75) is 47.0 Å². The van der Waals surface area contributed by atoms with Crippen LogP contribution in [-0.2, 0) is 0 Å². The molecule has 0 amide bonds. The Kier molecular flexibility index (Phi) is 2.74. The van der Waals surface area contributed by atoms with Crippen LogP contribution in [0.5, 0.6) is 0 Å². The van der Waals surface area contributed by atoms with Gasteiger partial charge in [-0.15, -0.1) is 0 Å². The summed E-state index contributed by atoms with van der Waals surface area (Å²) in [6.07, 6.45) is 1.11. The van der Waals surface area contributed by atoms with Crippen molar-refractivity contribution in [3.8, 4) is 0 Å². The standard InChI is InChI=1S/C10H18N2O/c1-6-10(4,5)7(2)9-11-8(3)12-13-9/h7H,6H2,1-5H3. The number of nitrogens with zero attached hydrogens (tertiary/aromatic N) is 2. The molecule has 0 fully saturated rings. The molecule has 3 heteroatoms. The van der Waals surface area contributed by atoms with Crippen LogP contribution in [0.3, 0.4) is 0 Å². The Morgan fingerprint density at radius 2 is 2.08 bits per heavy atom. The Balaban J connectivity index is 2.84. The van der Waals surface area contributed by atoms with E-state index in [0.29, 0.717) is 11.7 Å². The first-order valence-electron chi connectivity index (χ1n) is 4.77. The Morgan fingerprint density at radius 3 is 2.46 bits per heavy atom. The van der Waals surface area contributed by atoms with E-state index in [1.54, 1.807) is 0 Å². The fourth-order valence-corrected chi connectivity index (χ4v) is 1.13. The molecule has 0 aliphatic rings. The molecular formula is C10H18N2O. The summed E-state index contributed by atoms with van der Waals surface area (Å²) in [4.78, 5) is 4.25.